The third-order valence-corrected chi connectivity index (χ3v) is 1.81. The number of hydrogen-bond donors (Lipinski definition) is 7. The number of primary amides is 1. The van der Waals surface area contributed by atoms with Crippen molar-refractivity contribution in [3.8, 4) is 0 Å². The maximum Gasteiger partial charge on any atom is 0.406 e. The SMILES string of the molecule is NC(=O)OC(O)[C@H](O)[C@H](O)[C@H](O)[C@H](O)CO. The van der Waals surface area contributed by atoms with Crippen LogP contribution in [-0.4, -0.2) is 74.0 Å². The van der Waals surface area contributed by atoms with Crippen LogP contribution in [0.3, 0.4) is 0 Å². The van der Waals surface area contributed by atoms with Crippen LogP contribution in [0, 0.1) is 0 Å². The number of carbonyl (C=O) groups is 1. The zero-order chi connectivity index (χ0) is 12.9. The molecular formula is C7H15NO8. The van der Waals surface area contributed by atoms with Crippen molar-refractivity contribution in [1.29, 1.82) is 0 Å². The van der Waals surface area contributed by atoms with Crippen molar-refractivity contribution >= 4 is 6.09 Å². The number of amides is 1. The van der Waals surface area contributed by atoms with E-state index in [1.165, 1.54) is 0 Å². The van der Waals surface area contributed by atoms with Gasteiger partial charge in [-0.1, -0.05) is 0 Å². The number of nitrogens with two attached hydrogens (primary N) is 1. The van der Waals surface area contributed by atoms with Crippen LogP contribution in [0.1, 0.15) is 0 Å². The smallest absolute Gasteiger partial charge is 0.406 e. The summed E-state index contributed by atoms with van der Waals surface area (Å²) in [5.74, 6) is 0. The van der Waals surface area contributed by atoms with Gasteiger partial charge in [0.1, 0.15) is 24.4 Å². The third kappa shape index (κ3) is 4.26. The van der Waals surface area contributed by atoms with Crippen molar-refractivity contribution in [1.82, 2.24) is 0 Å². The molecular weight excluding hydrogens is 226 g/mol. The van der Waals surface area contributed by atoms with Crippen molar-refractivity contribution in [2.45, 2.75) is 30.7 Å². The quantitative estimate of drug-likeness (QED) is 0.229. The normalized spacial score (nSPS) is 20.6. The molecule has 0 aliphatic carbocycles. The summed E-state index contributed by atoms with van der Waals surface area (Å²) >= 11 is 0. The van der Waals surface area contributed by atoms with Crippen LogP contribution in [0.25, 0.3) is 0 Å². The van der Waals surface area contributed by atoms with E-state index in [2.05, 4.69) is 10.5 Å². The Morgan fingerprint density at radius 1 is 1.06 bits per heavy atom. The molecule has 0 saturated carbocycles. The van der Waals surface area contributed by atoms with Gasteiger partial charge < -0.3 is 41.1 Å². The fraction of sp³-hybridized carbons (Fsp3) is 0.857. The molecule has 0 aliphatic heterocycles. The van der Waals surface area contributed by atoms with E-state index in [0.29, 0.717) is 0 Å². The summed E-state index contributed by atoms with van der Waals surface area (Å²) in [6.07, 6.45) is -11.3. The number of hydrogen-bond acceptors (Lipinski definition) is 8. The highest BCUT2D eigenvalue weighted by molar-refractivity contribution is 5.64. The monoisotopic (exact) mass is 241 g/mol. The lowest BCUT2D eigenvalue weighted by Gasteiger charge is -2.27. The topological polar surface area (TPSA) is 174 Å². The molecule has 1 unspecified atom stereocenters. The first-order chi connectivity index (χ1) is 7.31. The Hall–Kier alpha value is -0.970. The van der Waals surface area contributed by atoms with Gasteiger partial charge in [0.2, 0.25) is 6.29 Å². The maximum absolute atomic E-state index is 10.2. The van der Waals surface area contributed by atoms with E-state index < -0.39 is 43.4 Å². The van der Waals surface area contributed by atoms with E-state index in [4.69, 9.17) is 25.5 Å². The van der Waals surface area contributed by atoms with Gasteiger partial charge in [0, 0.05) is 0 Å². The van der Waals surface area contributed by atoms with E-state index in [0.717, 1.165) is 0 Å². The molecule has 0 radical (unpaired) electrons. The average Bonchev–Trinajstić information content (AvgIpc) is 2.23. The van der Waals surface area contributed by atoms with E-state index in [1.54, 1.807) is 0 Å². The number of carbonyl (C=O) groups excluding carboxylic acids is 1. The first kappa shape index (κ1) is 15.0. The molecule has 0 aromatic carbocycles. The van der Waals surface area contributed by atoms with E-state index in [9.17, 15) is 9.90 Å². The Kier molecular flexibility index (Phi) is 6.18. The second-order valence-corrected chi connectivity index (χ2v) is 3.05. The van der Waals surface area contributed by atoms with Crippen LogP contribution >= 0.6 is 0 Å². The van der Waals surface area contributed by atoms with Gasteiger partial charge in [0.15, 0.2) is 0 Å². The third-order valence-electron chi connectivity index (χ3n) is 1.81. The molecule has 0 heterocycles. The van der Waals surface area contributed by atoms with E-state index >= 15 is 0 Å². The minimum Gasteiger partial charge on any atom is -0.417 e. The molecule has 0 fully saturated rings. The lowest BCUT2D eigenvalue weighted by molar-refractivity contribution is -0.189. The lowest BCUT2D eigenvalue weighted by Crippen LogP contribution is -2.51. The molecule has 96 valence electrons. The summed E-state index contributed by atoms with van der Waals surface area (Å²) in [6, 6.07) is 0. The van der Waals surface area contributed by atoms with Crippen LogP contribution < -0.4 is 5.73 Å². The molecule has 0 bridgehead atoms. The second-order valence-electron chi connectivity index (χ2n) is 3.05. The van der Waals surface area contributed by atoms with Crippen LogP contribution in [0.4, 0.5) is 4.79 Å². The highest BCUT2D eigenvalue weighted by Gasteiger charge is 2.35. The van der Waals surface area contributed by atoms with Gasteiger partial charge >= 0.3 is 6.09 Å². The number of aliphatic hydroxyl groups is 6. The number of ether oxygens (including phenoxy) is 1. The first-order valence-corrected chi connectivity index (χ1v) is 4.28. The molecule has 8 N–H and O–H groups in total. The highest BCUT2D eigenvalue weighted by atomic mass is 16.7. The highest BCUT2D eigenvalue weighted by Crippen LogP contribution is 2.09. The van der Waals surface area contributed by atoms with Gasteiger partial charge in [-0.15, -0.1) is 0 Å². The lowest BCUT2D eigenvalue weighted by atomic mass is 10.0. The fourth-order valence-electron chi connectivity index (χ4n) is 0.895. The van der Waals surface area contributed by atoms with Crippen molar-refractivity contribution in [3.63, 3.8) is 0 Å². The molecule has 9 nitrogen and oxygen atoms in total. The van der Waals surface area contributed by atoms with Crippen LogP contribution in [0.2, 0.25) is 0 Å². The minimum absolute atomic E-state index is 0.863. The molecule has 0 aromatic heterocycles. The Morgan fingerprint density at radius 2 is 1.56 bits per heavy atom. The fourth-order valence-corrected chi connectivity index (χ4v) is 0.895. The van der Waals surface area contributed by atoms with Gasteiger partial charge in [0.05, 0.1) is 6.61 Å². The Bertz CT molecular complexity index is 224. The Morgan fingerprint density at radius 3 is 1.94 bits per heavy atom. The van der Waals surface area contributed by atoms with Gasteiger partial charge in [-0.2, -0.15) is 0 Å². The summed E-state index contributed by atoms with van der Waals surface area (Å²) < 4.78 is 3.93. The first-order valence-electron chi connectivity index (χ1n) is 4.28. The van der Waals surface area contributed by atoms with Gasteiger partial charge in [-0.3, -0.25) is 0 Å². The van der Waals surface area contributed by atoms with Gasteiger partial charge in [-0.05, 0) is 0 Å². The molecule has 16 heavy (non-hydrogen) atoms. The summed E-state index contributed by atoms with van der Waals surface area (Å²) in [6.45, 7) is -0.863. The molecule has 9 heteroatoms. The molecule has 0 spiro atoms. The number of aliphatic hydroxyl groups excluding tert-OH is 6. The minimum atomic E-state index is -2.16. The van der Waals surface area contributed by atoms with Gasteiger partial charge in [-0.25, -0.2) is 4.79 Å². The molecule has 0 saturated heterocycles. The Labute approximate surface area is 90.3 Å². The van der Waals surface area contributed by atoms with Crippen molar-refractivity contribution < 1.29 is 40.2 Å². The van der Waals surface area contributed by atoms with E-state index in [-0.39, 0.29) is 0 Å². The largest absolute Gasteiger partial charge is 0.417 e. The molecule has 1 amide bonds. The zero-order valence-corrected chi connectivity index (χ0v) is 8.17. The van der Waals surface area contributed by atoms with Gasteiger partial charge in [0.25, 0.3) is 0 Å². The Balaban J connectivity index is 4.35. The molecule has 0 aromatic rings. The van der Waals surface area contributed by atoms with Crippen molar-refractivity contribution in [2.75, 3.05) is 6.61 Å². The van der Waals surface area contributed by atoms with E-state index in [1.807, 2.05) is 0 Å². The van der Waals surface area contributed by atoms with Crippen LogP contribution in [-0.2, 0) is 4.74 Å². The molecule has 0 rings (SSSR count). The predicted octanol–water partition coefficient (Wildman–Crippen LogP) is -4.16. The number of rotatable bonds is 6. The van der Waals surface area contributed by atoms with Crippen LogP contribution in [0.5, 0.6) is 0 Å². The second kappa shape index (κ2) is 6.58. The predicted molar refractivity (Wildman–Crippen MR) is 47.8 cm³/mol. The maximum atomic E-state index is 10.2. The van der Waals surface area contributed by atoms with Crippen molar-refractivity contribution in [3.05, 3.63) is 0 Å². The molecule has 5 atom stereocenters. The average molecular weight is 241 g/mol. The summed E-state index contributed by atoms with van der Waals surface area (Å²) in [7, 11) is 0. The zero-order valence-electron chi connectivity index (χ0n) is 8.17. The summed E-state index contributed by atoms with van der Waals surface area (Å²) in [4.78, 5) is 10.2. The standard InChI is InChI=1S/C7H15NO8/c8-7(15)16-6(14)5(13)4(12)3(11)2(10)1-9/h2-6,9-14H,1H2,(H2,8,15)/t2-,3-,4-,5-,6?/m1/s1. The molecule has 0 aliphatic rings. The van der Waals surface area contributed by atoms with Crippen LogP contribution in [0.15, 0.2) is 0 Å². The summed E-state index contributed by atoms with van der Waals surface area (Å²) in [5, 5.41) is 53.9. The van der Waals surface area contributed by atoms with Crippen molar-refractivity contribution in [2.24, 2.45) is 5.73 Å². The summed E-state index contributed by atoms with van der Waals surface area (Å²) in [5.41, 5.74) is 4.53.